The van der Waals surface area contributed by atoms with Gasteiger partial charge < -0.3 is 14.4 Å². The Balaban J connectivity index is 2.78. The number of alkyl halides is 1. The molecule has 20 heavy (non-hydrogen) atoms. The summed E-state index contributed by atoms with van der Waals surface area (Å²) in [5.41, 5.74) is 1.97. The van der Waals surface area contributed by atoms with Gasteiger partial charge in [0, 0.05) is 29.3 Å². The number of nitrogens with zero attached hydrogens (tertiary/aromatic N) is 1. The molecule has 0 saturated heterocycles. The van der Waals surface area contributed by atoms with E-state index >= 15 is 0 Å². The van der Waals surface area contributed by atoms with Crippen molar-refractivity contribution in [2.75, 3.05) is 13.0 Å². The normalized spacial score (nSPS) is 14.8. The van der Waals surface area contributed by atoms with Gasteiger partial charge in [-0.3, -0.25) is 9.59 Å². The van der Waals surface area contributed by atoms with Crippen molar-refractivity contribution in [2.45, 2.75) is 27.0 Å². The van der Waals surface area contributed by atoms with Gasteiger partial charge in [0.2, 0.25) is 11.6 Å². The van der Waals surface area contributed by atoms with Crippen LogP contribution in [0.1, 0.15) is 39.0 Å². The molecule has 1 aliphatic carbocycles. The maximum absolute atomic E-state index is 12.5. The molecule has 0 bridgehead atoms. The summed E-state index contributed by atoms with van der Waals surface area (Å²) < 4.78 is 6.74. The first kappa shape index (κ1) is 14.8. The molecule has 0 saturated carbocycles. The van der Waals surface area contributed by atoms with Crippen LogP contribution in [0.3, 0.4) is 0 Å². The van der Waals surface area contributed by atoms with Gasteiger partial charge in [0.1, 0.15) is 5.69 Å². The highest BCUT2D eigenvalue weighted by atomic mass is 35.5. The van der Waals surface area contributed by atoms with Crippen LogP contribution in [0.2, 0.25) is 0 Å². The van der Waals surface area contributed by atoms with E-state index in [1.165, 1.54) is 7.11 Å². The van der Waals surface area contributed by atoms with Crippen molar-refractivity contribution in [3.05, 3.63) is 33.8 Å². The monoisotopic (exact) mass is 297 g/mol. The van der Waals surface area contributed by atoms with Gasteiger partial charge in [-0.1, -0.05) is 0 Å². The third-order valence-electron chi connectivity index (χ3n) is 3.65. The van der Waals surface area contributed by atoms with E-state index in [1.54, 1.807) is 18.4 Å². The van der Waals surface area contributed by atoms with Gasteiger partial charge in [-0.2, -0.15) is 0 Å². The summed E-state index contributed by atoms with van der Waals surface area (Å²) in [6.45, 7) is 3.43. The zero-order valence-corrected chi connectivity index (χ0v) is 12.4. The minimum Gasteiger partial charge on any atom is -0.492 e. The zero-order chi connectivity index (χ0) is 15.0. The Kier molecular flexibility index (Phi) is 4.01. The molecule has 0 atom stereocenters. The number of aliphatic hydroxyl groups is 1. The third-order valence-corrected chi connectivity index (χ3v) is 3.82. The molecule has 0 fully saturated rings. The van der Waals surface area contributed by atoms with Gasteiger partial charge >= 0.3 is 0 Å². The maximum atomic E-state index is 12.5. The smallest absolute Gasteiger partial charge is 0.230 e. The lowest BCUT2D eigenvalue weighted by Crippen LogP contribution is -2.24. The summed E-state index contributed by atoms with van der Waals surface area (Å²) >= 11 is 5.76. The number of rotatable bonds is 4. The van der Waals surface area contributed by atoms with Gasteiger partial charge in [0.15, 0.2) is 5.76 Å². The topological polar surface area (TPSA) is 68.5 Å². The summed E-state index contributed by atoms with van der Waals surface area (Å²) in [6.07, 6.45) is 0. The van der Waals surface area contributed by atoms with E-state index in [2.05, 4.69) is 0 Å². The quantitative estimate of drug-likeness (QED) is 0.861. The second kappa shape index (κ2) is 5.42. The lowest BCUT2D eigenvalue weighted by atomic mass is 9.91. The predicted octanol–water partition coefficient (Wildman–Crippen LogP) is 1.83. The molecule has 1 aliphatic rings. The predicted molar refractivity (Wildman–Crippen MR) is 74.2 cm³/mol. The number of Topliss-reactive ketones (excluding diaryl/α,β-unsaturated/α-hetero) is 2. The molecular weight excluding hydrogens is 282 g/mol. The molecule has 1 N–H and O–H groups in total. The first-order valence-electron chi connectivity index (χ1n) is 6.22. The Morgan fingerprint density at radius 3 is 2.40 bits per heavy atom. The summed E-state index contributed by atoms with van der Waals surface area (Å²) in [5.74, 6) is -0.265. The number of aliphatic hydroxyl groups excluding tert-OH is 1. The van der Waals surface area contributed by atoms with Crippen molar-refractivity contribution >= 4 is 23.2 Å². The summed E-state index contributed by atoms with van der Waals surface area (Å²) in [4.78, 5) is 24.9. The van der Waals surface area contributed by atoms with Crippen molar-refractivity contribution in [3.63, 3.8) is 0 Å². The minimum absolute atomic E-state index is 0.0419. The van der Waals surface area contributed by atoms with E-state index in [-0.39, 0.29) is 35.1 Å². The molecule has 6 heteroatoms. The van der Waals surface area contributed by atoms with E-state index in [0.29, 0.717) is 29.4 Å². The van der Waals surface area contributed by atoms with Crippen molar-refractivity contribution in [1.82, 2.24) is 4.57 Å². The van der Waals surface area contributed by atoms with Gasteiger partial charge in [-0.05, 0) is 13.8 Å². The van der Waals surface area contributed by atoms with Gasteiger partial charge in [0.05, 0.1) is 19.3 Å². The first-order valence-corrected chi connectivity index (χ1v) is 6.76. The highest BCUT2D eigenvalue weighted by Crippen LogP contribution is 2.33. The standard InChI is InChI=1S/C14H16ClNO4/c1-7-12(18)11-10(13(19)14(7)20-3)9(6-17)8(2)16(11)5-4-15/h17H,4-6H2,1-3H3. The second-order valence-corrected chi connectivity index (χ2v) is 4.98. The minimum atomic E-state index is -0.361. The van der Waals surface area contributed by atoms with Crippen molar-refractivity contribution < 1.29 is 19.4 Å². The Bertz CT molecular complexity index is 628. The first-order chi connectivity index (χ1) is 9.49. The Hall–Kier alpha value is -1.59. The fourth-order valence-electron chi connectivity index (χ4n) is 2.64. The van der Waals surface area contributed by atoms with E-state index < -0.39 is 0 Å². The van der Waals surface area contributed by atoms with E-state index in [9.17, 15) is 14.7 Å². The second-order valence-electron chi connectivity index (χ2n) is 4.60. The molecule has 0 radical (unpaired) electrons. The molecule has 0 spiro atoms. The van der Waals surface area contributed by atoms with Crippen molar-refractivity contribution in [2.24, 2.45) is 0 Å². The number of aromatic nitrogens is 1. The van der Waals surface area contributed by atoms with Crippen LogP contribution in [0.15, 0.2) is 11.3 Å². The number of carbonyl (C=O) groups excluding carboxylic acids is 2. The average molecular weight is 298 g/mol. The van der Waals surface area contributed by atoms with Crippen LogP contribution in [0.25, 0.3) is 0 Å². The van der Waals surface area contributed by atoms with Crippen LogP contribution >= 0.6 is 11.6 Å². The van der Waals surface area contributed by atoms with Crippen LogP contribution in [-0.2, 0) is 17.9 Å². The fourth-order valence-corrected chi connectivity index (χ4v) is 2.81. The van der Waals surface area contributed by atoms with Gasteiger partial charge in [-0.25, -0.2) is 0 Å². The fraction of sp³-hybridized carbons (Fsp3) is 0.429. The molecule has 1 aromatic rings. The average Bonchev–Trinajstić information content (AvgIpc) is 2.71. The molecule has 0 aliphatic heterocycles. The number of fused-ring (bicyclic) bond motifs is 1. The SMILES string of the molecule is COC1=C(C)C(=O)c2c(c(CO)c(C)n2CCCl)C1=O. The molecule has 0 aromatic carbocycles. The number of methoxy groups -OCH3 is 1. The van der Waals surface area contributed by atoms with Gasteiger partial charge in [-0.15, -0.1) is 11.6 Å². The number of hydrogen-bond donors (Lipinski definition) is 1. The lowest BCUT2D eigenvalue weighted by Gasteiger charge is -2.17. The molecule has 1 aromatic heterocycles. The molecule has 108 valence electrons. The van der Waals surface area contributed by atoms with Crippen LogP contribution in [-0.4, -0.2) is 34.2 Å². The molecule has 2 rings (SSSR count). The summed E-state index contributed by atoms with van der Waals surface area (Å²) in [6, 6.07) is 0. The molecule has 0 unspecified atom stereocenters. The van der Waals surface area contributed by atoms with E-state index in [0.717, 1.165) is 0 Å². The van der Waals surface area contributed by atoms with E-state index in [1.807, 2.05) is 0 Å². The van der Waals surface area contributed by atoms with Crippen LogP contribution in [0.5, 0.6) is 0 Å². The number of halogens is 1. The van der Waals surface area contributed by atoms with Gasteiger partial charge in [0.25, 0.3) is 0 Å². The molecule has 1 heterocycles. The van der Waals surface area contributed by atoms with Crippen molar-refractivity contribution in [1.29, 1.82) is 0 Å². The maximum Gasteiger partial charge on any atom is 0.230 e. The Labute approximate surface area is 121 Å². The number of carbonyl (C=O) groups is 2. The molecule has 0 amide bonds. The van der Waals surface area contributed by atoms with Crippen LogP contribution < -0.4 is 0 Å². The Morgan fingerprint density at radius 2 is 1.90 bits per heavy atom. The number of ketones is 2. The number of allylic oxidation sites excluding steroid dienone is 2. The largest absolute Gasteiger partial charge is 0.492 e. The highest BCUT2D eigenvalue weighted by Gasteiger charge is 2.37. The highest BCUT2D eigenvalue weighted by molar-refractivity contribution is 6.26. The summed E-state index contributed by atoms with van der Waals surface area (Å²) in [7, 11) is 1.36. The number of ether oxygens (including phenoxy) is 1. The third kappa shape index (κ3) is 1.89. The Morgan fingerprint density at radius 1 is 1.25 bits per heavy atom. The van der Waals surface area contributed by atoms with Crippen LogP contribution in [0.4, 0.5) is 0 Å². The van der Waals surface area contributed by atoms with Crippen molar-refractivity contribution in [3.8, 4) is 0 Å². The summed E-state index contributed by atoms with van der Waals surface area (Å²) in [5, 5.41) is 9.52. The van der Waals surface area contributed by atoms with E-state index in [4.69, 9.17) is 16.3 Å². The zero-order valence-electron chi connectivity index (χ0n) is 11.6. The number of hydrogen-bond acceptors (Lipinski definition) is 4. The molecular formula is C14H16ClNO4. The lowest BCUT2D eigenvalue weighted by molar-refractivity contribution is 0.0900. The molecule has 5 nitrogen and oxygen atoms in total. The van der Waals surface area contributed by atoms with Crippen LogP contribution in [0, 0.1) is 6.92 Å².